The minimum Gasteiger partial charge on any atom is -0.501 e. The highest BCUT2D eigenvalue weighted by molar-refractivity contribution is 6.04. The van der Waals surface area contributed by atoms with Gasteiger partial charge in [-0.2, -0.15) is 0 Å². The minimum atomic E-state index is -0.807. The van der Waals surface area contributed by atoms with E-state index in [1.54, 1.807) is 25.1 Å². The van der Waals surface area contributed by atoms with E-state index in [0.717, 1.165) is 10.1 Å². The number of carbonyl (C=O) groups is 2. The summed E-state index contributed by atoms with van der Waals surface area (Å²) >= 11 is 0. The summed E-state index contributed by atoms with van der Waals surface area (Å²) in [6, 6.07) is 4.94. The van der Waals surface area contributed by atoms with Gasteiger partial charge >= 0.3 is 0 Å². The number of anilines is 1. The van der Waals surface area contributed by atoms with E-state index < -0.39 is 22.9 Å². The van der Waals surface area contributed by atoms with E-state index in [2.05, 4.69) is 25.3 Å². The summed E-state index contributed by atoms with van der Waals surface area (Å²) < 4.78 is 5.73. The third kappa shape index (κ3) is 3.47. The molecule has 1 aromatic carbocycles. The van der Waals surface area contributed by atoms with Crippen LogP contribution in [-0.4, -0.2) is 38.7 Å². The van der Waals surface area contributed by atoms with Gasteiger partial charge in [-0.3, -0.25) is 19.0 Å². The van der Waals surface area contributed by atoms with Crippen LogP contribution in [0.15, 0.2) is 40.0 Å². The van der Waals surface area contributed by atoms with Crippen molar-refractivity contribution in [1.82, 2.24) is 20.0 Å². The van der Waals surface area contributed by atoms with Crippen LogP contribution in [0, 0.1) is 6.92 Å². The minimum absolute atomic E-state index is 0.118. The summed E-state index contributed by atoms with van der Waals surface area (Å²) in [7, 11) is 2.92. The average molecular weight is 383 g/mol. The van der Waals surface area contributed by atoms with Gasteiger partial charge in [0.1, 0.15) is 17.8 Å². The standard InChI is InChI=1S/C18H17N5O5/c1-9-4-10(6-11(5-9)16(25)19-2)15-22-13(14(24)18(27)23(15)3)17(26)21-12-7-20-28-8-12/h4-8,24H,1-3H3,(H,19,25)(H,21,26). The molecule has 0 saturated carbocycles. The van der Waals surface area contributed by atoms with Gasteiger partial charge in [0.2, 0.25) is 5.75 Å². The molecule has 2 aromatic heterocycles. The Bertz CT molecular complexity index is 1120. The lowest BCUT2D eigenvalue weighted by atomic mass is 10.0. The smallest absolute Gasteiger partial charge is 0.296 e. The van der Waals surface area contributed by atoms with Crippen molar-refractivity contribution in [3.63, 3.8) is 0 Å². The maximum atomic E-state index is 12.5. The molecule has 28 heavy (non-hydrogen) atoms. The summed E-state index contributed by atoms with van der Waals surface area (Å²) in [6.07, 6.45) is 2.44. The summed E-state index contributed by atoms with van der Waals surface area (Å²) in [4.78, 5) is 41.0. The van der Waals surface area contributed by atoms with Gasteiger partial charge in [0.25, 0.3) is 17.4 Å². The molecule has 0 aliphatic carbocycles. The number of benzene rings is 1. The van der Waals surface area contributed by atoms with Crippen LogP contribution in [-0.2, 0) is 7.05 Å². The molecule has 3 rings (SSSR count). The van der Waals surface area contributed by atoms with Gasteiger partial charge in [0.05, 0.1) is 6.20 Å². The molecular formula is C18H17N5O5. The molecule has 0 radical (unpaired) electrons. The highest BCUT2D eigenvalue weighted by Gasteiger charge is 2.22. The first kappa shape index (κ1) is 18.8. The lowest BCUT2D eigenvalue weighted by molar-refractivity contribution is 0.0961. The molecular weight excluding hydrogens is 366 g/mol. The number of aromatic hydroxyl groups is 1. The van der Waals surface area contributed by atoms with E-state index in [1.807, 2.05) is 0 Å². The van der Waals surface area contributed by atoms with E-state index in [0.29, 0.717) is 11.1 Å². The normalized spacial score (nSPS) is 10.5. The third-order valence-electron chi connectivity index (χ3n) is 4.00. The zero-order valence-corrected chi connectivity index (χ0v) is 15.3. The van der Waals surface area contributed by atoms with Gasteiger partial charge in [-0.25, -0.2) is 4.98 Å². The molecule has 2 amide bonds. The highest BCUT2D eigenvalue weighted by atomic mass is 16.5. The first-order valence-electron chi connectivity index (χ1n) is 8.16. The quantitative estimate of drug-likeness (QED) is 0.612. The second kappa shape index (κ2) is 7.35. The van der Waals surface area contributed by atoms with Gasteiger partial charge in [-0.15, -0.1) is 0 Å². The summed E-state index contributed by atoms with van der Waals surface area (Å²) in [5.74, 6) is -1.79. The molecule has 3 aromatic rings. The van der Waals surface area contributed by atoms with E-state index in [4.69, 9.17) is 0 Å². The molecule has 0 fully saturated rings. The average Bonchev–Trinajstić information content (AvgIpc) is 3.18. The van der Waals surface area contributed by atoms with Crippen LogP contribution in [0.1, 0.15) is 26.4 Å². The molecule has 144 valence electrons. The number of aromatic nitrogens is 3. The lowest BCUT2D eigenvalue weighted by Gasteiger charge is -2.13. The SMILES string of the molecule is CNC(=O)c1cc(C)cc(-c2nc(C(=O)Nc3cnoc3)c(O)c(=O)n2C)c1. The predicted octanol–water partition coefficient (Wildman–Crippen LogP) is 1.06. The third-order valence-corrected chi connectivity index (χ3v) is 4.00. The maximum Gasteiger partial charge on any atom is 0.296 e. The zero-order valence-electron chi connectivity index (χ0n) is 15.3. The molecule has 0 atom stereocenters. The molecule has 0 bridgehead atoms. The Morgan fingerprint density at radius 2 is 1.96 bits per heavy atom. The number of amides is 2. The van der Waals surface area contributed by atoms with Crippen molar-refractivity contribution in [2.24, 2.45) is 7.05 Å². The van der Waals surface area contributed by atoms with Crippen molar-refractivity contribution in [3.05, 3.63) is 57.8 Å². The molecule has 0 saturated heterocycles. The van der Waals surface area contributed by atoms with Crippen LogP contribution in [0.5, 0.6) is 5.75 Å². The second-order valence-corrected chi connectivity index (χ2v) is 6.03. The van der Waals surface area contributed by atoms with Crippen molar-refractivity contribution in [3.8, 4) is 17.1 Å². The Kier molecular flexibility index (Phi) is 4.94. The summed E-state index contributed by atoms with van der Waals surface area (Å²) in [5.41, 5.74) is 0.554. The molecule has 3 N–H and O–H groups in total. The number of rotatable bonds is 4. The Hall–Kier alpha value is -3.95. The fraction of sp³-hybridized carbons (Fsp3) is 0.167. The number of hydrogen-bond donors (Lipinski definition) is 3. The van der Waals surface area contributed by atoms with E-state index >= 15 is 0 Å². The van der Waals surface area contributed by atoms with Crippen molar-refractivity contribution in [1.29, 1.82) is 0 Å². The van der Waals surface area contributed by atoms with E-state index in [9.17, 15) is 19.5 Å². The fourth-order valence-corrected chi connectivity index (χ4v) is 2.65. The number of nitrogens with zero attached hydrogens (tertiary/aromatic N) is 3. The number of hydrogen-bond acceptors (Lipinski definition) is 7. The topological polar surface area (TPSA) is 139 Å². The monoisotopic (exact) mass is 383 g/mol. The maximum absolute atomic E-state index is 12.5. The van der Waals surface area contributed by atoms with Crippen molar-refractivity contribution in [2.75, 3.05) is 12.4 Å². The first-order valence-corrected chi connectivity index (χ1v) is 8.16. The van der Waals surface area contributed by atoms with E-state index in [1.165, 1.54) is 26.6 Å². The number of aryl methyl sites for hydroxylation is 1. The number of carbonyl (C=O) groups excluding carboxylic acids is 2. The van der Waals surface area contributed by atoms with Gasteiger partial charge in [-0.05, 0) is 30.7 Å². The zero-order chi connectivity index (χ0) is 20.4. The molecule has 0 spiro atoms. The molecule has 10 nitrogen and oxygen atoms in total. The fourth-order valence-electron chi connectivity index (χ4n) is 2.65. The van der Waals surface area contributed by atoms with Crippen LogP contribution in [0.4, 0.5) is 5.69 Å². The highest BCUT2D eigenvalue weighted by Crippen LogP contribution is 2.22. The van der Waals surface area contributed by atoms with Crippen molar-refractivity contribution < 1.29 is 19.2 Å². The molecule has 2 heterocycles. The Labute approximate surface area is 158 Å². The van der Waals surface area contributed by atoms with Crippen LogP contribution >= 0.6 is 0 Å². The van der Waals surface area contributed by atoms with Crippen LogP contribution in [0.25, 0.3) is 11.4 Å². The molecule has 0 aliphatic heterocycles. The Morgan fingerprint density at radius 1 is 1.21 bits per heavy atom. The Morgan fingerprint density at radius 3 is 2.61 bits per heavy atom. The van der Waals surface area contributed by atoms with Crippen molar-refractivity contribution >= 4 is 17.5 Å². The number of nitrogens with one attached hydrogen (secondary N) is 2. The first-order chi connectivity index (χ1) is 13.3. The lowest BCUT2D eigenvalue weighted by Crippen LogP contribution is -2.25. The summed E-state index contributed by atoms with van der Waals surface area (Å²) in [5, 5.41) is 18.5. The van der Waals surface area contributed by atoms with Crippen LogP contribution in [0.3, 0.4) is 0 Å². The Balaban J connectivity index is 2.13. The largest absolute Gasteiger partial charge is 0.501 e. The van der Waals surface area contributed by atoms with Gasteiger partial charge in [0.15, 0.2) is 5.69 Å². The molecule has 10 heteroatoms. The van der Waals surface area contributed by atoms with Gasteiger partial charge in [0, 0.05) is 25.2 Å². The molecule has 0 unspecified atom stereocenters. The second-order valence-electron chi connectivity index (χ2n) is 6.03. The van der Waals surface area contributed by atoms with Gasteiger partial charge < -0.3 is 20.3 Å². The van der Waals surface area contributed by atoms with Crippen LogP contribution in [0.2, 0.25) is 0 Å². The van der Waals surface area contributed by atoms with Gasteiger partial charge in [-0.1, -0.05) is 5.16 Å². The molecule has 0 aliphatic rings. The van der Waals surface area contributed by atoms with E-state index in [-0.39, 0.29) is 17.4 Å². The van der Waals surface area contributed by atoms with Crippen molar-refractivity contribution in [2.45, 2.75) is 6.92 Å². The van der Waals surface area contributed by atoms with Crippen LogP contribution < -0.4 is 16.2 Å². The predicted molar refractivity (Wildman–Crippen MR) is 99.2 cm³/mol. The summed E-state index contributed by atoms with van der Waals surface area (Å²) in [6.45, 7) is 1.79.